The van der Waals surface area contributed by atoms with Gasteiger partial charge in [-0.1, -0.05) is 0 Å². The van der Waals surface area contributed by atoms with E-state index in [1.165, 1.54) is 0 Å². The molecule has 0 unspecified atom stereocenters. The highest BCUT2D eigenvalue weighted by Crippen LogP contribution is 2.53. The third kappa shape index (κ3) is 2.54. The third-order valence-electron chi connectivity index (χ3n) is 3.25. The van der Waals surface area contributed by atoms with Crippen molar-refractivity contribution in [3.8, 4) is 0 Å². The van der Waals surface area contributed by atoms with Crippen LogP contribution in [0.2, 0.25) is 0 Å². The molecule has 2 saturated carbocycles. The Balaban J connectivity index is 2.29. The third-order valence-corrected chi connectivity index (χ3v) is 3.25. The van der Waals surface area contributed by atoms with Crippen LogP contribution < -0.4 is 5.73 Å². The smallest absolute Gasteiger partial charge is 0.431 e. The summed E-state index contributed by atoms with van der Waals surface area (Å²) in [6, 6.07) is 0. The highest BCUT2D eigenvalue weighted by molar-refractivity contribution is 6.51. The second-order valence-electron chi connectivity index (χ2n) is 4.61. The van der Waals surface area contributed by atoms with Crippen LogP contribution in [0, 0.1) is 11.8 Å². The van der Waals surface area contributed by atoms with Gasteiger partial charge in [-0.15, -0.1) is 0 Å². The first-order valence-electron chi connectivity index (χ1n) is 6.08. The molecule has 0 amide bonds. The summed E-state index contributed by atoms with van der Waals surface area (Å²) in [6.07, 6.45) is -4.35. The summed E-state index contributed by atoms with van der Waals surface area (Å²) in [4.78, 5) is 26.7. The quantitative estimate of drug-likeness (QED) is 0.786. The predicted octanol–water partition coefficient (Wildman–Crippen LogP) is 0.984. The Bertz CT molecular complexity index is 523. The van der Waals surface area contributed by atoms with Crippen LogP contribution in [0.15, 0.2) is 16.3 Å². The number of carbonyl (C=O) groups is 2. The minimum absolute atomic E-state index is 0.135. The van der Waals surface area contributed by atoms with Crippen LogP contribution in [0.3, 0.4) is 0 Å². The second-order valence-corrected chi connectivity index (χ2v) is 4.61. The molecule has 0 aromatic carbocycles. The number of carbonyl (C=O) groups excluding carboxylic acids is 2. The largest absolute Gasteiger partial charge is 0.465 e. The number of halogens is 3. The van der Waals surface area contributed by atoms with Crippen molar-refractivity contribution in [2.75, 3.05) is 13.2 Å². The molecular formula is C12H13F3N2O3. The number of aliphatic imine (C=N–C) groups is 1. The Kier molecular flexibility index (Phi) is 3.58. The lowest BCUT2D eigenvalue weighted by Crippen LogP contribution is -2.26. The summed E-state index contributed by atoms with van der Waals surface area (Å²) >= 11 is 0. The lowest BCUT2D eigenvalue weighted by molar-refractivity contribution is -0.141. The molecule has 2 N–H and O–H groups in total. The fourth-order valence-electron chi connectivity index (χ4n) is 2.28. The molecule has 0 bridgehead atoms. The van der Waals surface area contributed by atoms with E-state index in [1.54, 1.807) is 6.92 Å². The van der Waals surface area contributed by atoms with Crippen LogP contribution in [-0.2, 0) is 14.3 Å². The van der Waals surface area contributed by atoms with Gasteiger partial charge in [-0.2, -0.15) is 13.2 Å². The number of fused-ring (bicyclic) bond motifs is 1. The molecule has 0 aliphatic heterocycles. The molecule has 2 aliphatic rings. The number of nitrogens with zero attached hydrogens (tertiary/aromatic N) is 1. The van der Waals surface area contributed by atoms with E-state index in [9.17, 15) is 22.8 Å². The number of rotatable bonds is 3. The molecule has 0 aromatic heterocycles. The van der Waals surface area contributed by atoms with Gasteiger partial charge in [-0.05, 0) is 19.3 Å². The SMILES string of the molecule is CCOC(=O)CN=C1C(=O)[C@@H]2C[C@@H]2C1=C(N)C(F)(F)F. The van der Waals surface area contributed by atoms with Crippen LogP contribution in [0.1, 0.15) is 13.3 Å². The van der Waals surface area contributed by atoms with Crippen molar-refractivity contribution in [3.63, 3.8) is 0 Å². The van der Waals surface area contributed by atoms with E-state index >= 15 is 0 Å². The zero-order valence-corrected chi connectivity index (χ0v) is 10.7. The van der Waals surface area contributed by atoms with E-state index in [2.05, 4.69) is 9.73 Å². The average molecular weight is 290 g/mol. The molecule has 0 spiro atoms. The molecule has 5 nitrogen and oxygen atoms in total. The number of esters is 1. The molecule has 0 aromatic rings. The molecule has 2 atom stereocenters. The lowest BCUT2D eigenvalue weighted by Gasteiger charge is -2.12. The van der Waals surface area contributed by atoms with Gasteiger partial charge in [0, 0.05) is 11.5 Å². The summed E-state index contributed by atoms with van der Waals surface area (Å²) < 4.78 is 42.6. The fourth-order valence-corrected chi connectivity index (χ4v) is 2.28. The van der Waals surface area contributed by atoms with Crippen LogP contribution in [0.25, 0.3) is 0 Å². The van der Waals surface area contributed by atoms with Crippen molar-refractivity contribution in [1.29, 1.82) is 0 Å². The van der Waals surface area contributed by atoms with Gasteiger partial charge >= 0.3 is 12.1 Å². The summed E-state index contributed by atoms with van der Waals surface area (Å²) in [7, 11) is 0. The van der Waals surface area contributed by atoms with Crippen LogP contribution in [-0.4, -0.2) is 36.8 Å². The molecule has 0 heterocycles. The highest BCUT2D eigenvalue weighted by atomic mass is 19.4. The number of hydrogen-bond donors (Lipinski definition) is 1. The predicted molar refractivity (Wildman–Crippen MR) is 62.8 cm³/mol. The van der Waals surface area contributed by atoms with E-state index < -0.39 is 42.0 Å². The van der Waals surface area contributed by atoms with Crippen LogP contribution in [0.5, 0.6) is 0 Å². The van der Waals surface area contributed by atoms with E-state index in [0.717, 1.165) is 0 Å². The van der Waals surface area contributed by atoms with Gasteiger partial charge in [-0.25, -0.2) is 0 Å². The Hall–Kier alpha value is -1.86. The van der Waals surface area contributed by atoms with Crippen molar-refractivity contribution >= 4 is 17.5 Å². The zero-order chi connectivity index (χ0) is 15.1. The van der Waals surface area contributed by atoms with Gasteiger partial charge in [-0.3, -0.25) is 14.6 Å². The maximum atomic E-state index is 12.7. The lowest BCUT2D eigenvalue weighted by atomic mass is 10.1. The molecule has 2 rings (SSSR count). The fraction of sp³-hybridized carbons (Fsp3) is 0.583. The number of hydrogen-bond acceptors (Lipinski definition) is 5. The Morgan fingerprint density at radius 3 is 2.65 bits per heavy atom. The summed E-state index contributed by atoms with van der Waals surface area (Å²) in [5.41, 5.74) is 3.21. The van der Waals surface area contributed by atoms with Crippen LogP contribution in [0.4, 0.5) is 13.2 Å². The highest BCUT2D eigenvalue weighted by Gasteiger charge is 2.58. The minimum atomic E-state index is -4.71. The van der Waals surface area contributed by atoms with Gasteiger partial charge in [0.2, 0.25) is 0 Å². The molecule has 2 fully saturated rings. The molecule has 110 valence electrons. The van der Waals surface area contributed by atoms with Crippen molar-refractivity contribution in [2.45, 2.75) is 19.5 Å². The van der Waals surface area contributed by atoms with Crippen molar-refractivity contribution in [2.24, 2.45) is 22.6 Å². The maximum absolute atomic E-state index is 12.7. The number of ether oxygens (including phenoxy) is 1. The van der Waals surface area contributed by atoms with E-state index in [0.29, 0.717) is 6.42 Å². The van der Waals surface area contributed by atoms with Gasteiger partial charge < -0.3 is 10.5 Å². The summed E-state index contributed by atoms with van der Waals surface area (Å²) in [5, 5.41) is 0. The number of ketones is 1. The van der Waals surface area contributed by atoms with E-state index in [1.807, 2.05) is 0 Å². The Morgan fingerprint density at radius 2 is 2.10 bits per heavy atom. The standard InChI is InChI=1S/C12H13F3N2O3/c1-2-20-7(18)4-17-9-8(11(16)12(13,14)15)5-3-6(5)10(9)19/h5-6H,2-4,16H2,1H3/t5-,6+/m0/s1. The summed E-state index contributed by atoms with van der Waals surface area (Å²) in [6.45, 7) is 1.24. The monoisotopic (exact) mass is 290 g/mol. The van der Waals surface area contributed by atoms with E-state index in [4.69, 9.17) is 5.73 Å². The molecule has 2 aliphatic carbocycles. The van der Waals surface area contributed by atoms with Crippen molar-refractivity contribution in [1.82, 2.24) is 0 Å². The second kappa shape index (κ2) is 4.92. The molecule has 20 heavy (non-hydrogen) atoms. The number of alkyl halides is 3. The number of allylic oxidation sites excluding steroid dienone is 2. The van der Waals surface area contributed by atoms with Gasteiger partial charge in [0.25, 0.3) is 0 Å². The Labute approximate surface area is 112 Å². The van der Waals surface area contributed by atoms with E-state index in [-0.39, 0.29) is 17.9 Å². The topological polar surface area (TPSA) is 81.8 Å². The maximum Gasteiger partial charge on any atom is 0.431 e. The van der Waals surface area contributed by atoms with Crippen molar-refractivity contribution < 1.29 is 27.5 Å². The van der Waals surface area contributed by atoms with Crippen molar-refractivity contribution in [3.05, 3.63) is 11.3 Å². The molecule has 0 saturated heterocycles. The van der Waals surface area contributed by atoms with Gasteiger partial charge in [0.15, 0.2) is 5.78 Å². The molecular weight excluding hydrogens is 277 g/mol. The number of nitrogens with two attached hydrogens (primary N) is 1. The first-order valence-corrected chi connectivity index (χ1v) is 6.08. The van der Waals surface area contributed by atoms with Gasteiger partial charge in [0.05, 0.1) is 6.61 Å². The minimum Gasteiger partial charge on any atom is -0.465 e. The van der Waals surface area contributed by atoms with Crippen LogP contribution >= 0.6 is 0 Å². The first-order chi connectivity index (χ1) is 9.27. The van der Waals surface area contributed by atoms with Gasteiger partial charge in [0.1, 0.15) is 18.0 Å². The molecule has 8 heteroatoms. The Morgan fingerprint density at radius 1 is 1.45 bits per heavy atom. The number of Topliss-reactive ketones (excluding diaryl/α,β-unsaturated/α-hetero) is 1. The zero-order valence-electron chi connectivity index (χ0n) is 10.7. The normalized spacial score (nSPS) is 29.4. The first kappa shape index (κ1) is 14.5. The average Bonchev–Trinajstić information content (AvgIpc) is 3.07. The summed E-state index contributed by atoms with van der Waals surface area (Å²) in [5.74, 6) is -2.14. The molecule has 0 radical (unpaired) electrons.